The van der Waals surface area contributed by atoms with E-state index in [9.17, 15) is 24.3 Å². The number of rotatable bonds is 15. The number of aliphatic hydroxyl groups excluding tert-OH is 1. The maximum absolute atomic E-state index is 12.8. The van der Waals surface area contributed by atoms with E-state index in [1.807, 2.05) is 30.3 Å². The fourth-order valence-corrected chi connectivity index (χ4v) is 4.06. The quantitative estimate of drug-likeness (QED) is 0.0790. The van der Waals surface area contributed by atoms with Crippen molar-refractivity contribution in [1.82, 2.24) is 25.8 Å². The Morgan fingerprint density at radius 1 is 1.00 bits per heavy atom. The minimum Gasteiger partial charge on any atom is -0.467 e. The smallest absolute Gasteiger partial charge is 0.339 e. The summed E-state index contributed by atoms with van der Waals surface area (Å²) >= 11 is 0. The van der Waals surface area contributed by atoms with Gasteiger partial charge in [0.1, 0.15) is 5.69 Å². The zero-order valence-corrected chi connectivity index (χ0v) is 22.7. The van der Waals surface area contributed by atoms with Crippen molar-refractivity contribution >= 4 is 29.4 Å². The number of aromatic nitrogens is 3. The number of hydroxylamine groups is 1. The summed E-state index contributed by atoms with van der Waals surface area (Å²) in [5.74, 6) is -2.59. The van der Waals surface area contributed by atoms with E-state index in [0.29, 0.717) is 42.8 Å². The number of aliphatic hydroxyl groups is 1. The molecule has 0 aliphatic rings. The topological polar surface area (TPSA) is 185 Å². The van der Waals surface area contributed by atoms with Gasteiger partial charge in [-0.15, -0.1) is 5.10 Å². The van der Waals surface area contributed by atoms with E-state index in [4.69, 9.17) is 5.21 Å². The molecule has 0 aliphatic heterocycles. The largest absolute Gasteiger partial charge is 0.467 e. The van der Waals surface area contributed by atoms with Crippen molar-refractivity contribution in [2.24, 2.45) is 5.92 Å². The number of hydrogen-bond acceptors (Lipinski definition) is 9. The number of esters is 1. The number of nitrogens with one attached hydrogen (secondary N) is 3. The Balaban J connectivity index is 1.39. The third-order valence-electron chi connectivity index (χ3n) is 6.26. The highest BCUT2D eigenvalue weighted by atomic mass is 16.5. The summed E-state index contributed by atoms with van der Waals surface area (Å²) in [6.45, 7) is 0.657. The van der Waals surface area contributed by atoms with Crippen LogP contribution < -0.4 is 16.1 Å². The zero-order valence-electron chi connectivity index (χ0n) is 22.7. The summed E-state index contributed by atoms with van der Waals surface area (Å²) in [4.78, 5) is 48.2. The normalized spacial score (nSPS) is 12.2. The molecule has 1 heterocycles. The van der Waals surface area contributed by atoms with Gasteiger partial charge in [-0.1, -0.05) is 47.7 Å². The Kier molecular flexibility index (Phi) is 11.9. The van der Waals surface area contributed by atoms with Gasteiger partial charge >= 0.3 is 5.97 Å². The number of aryl methyl sites for hydroxylation is 1. The molecule has 0 bridgehead atoms. The van der Waals surface area contributed by atoms with E-state index in [-0.39, 0.29) is 31.2 Å². The minimum absolute atomic E-state index is 0.128. The molecule has 2 atom stereocenters. The monoisotopic (exact) mass is 566 g/mol. The van der Waals surface area contributed by atoms with Gasteiger partial charge in [-0.2, -0.15) is 0 Å². The maximum atomic E-state index is 12.8. The molecule has 0 aliphatic carbocycles. The first-order valence-electron chi connectivity index (χ1n) is 13.1. The first-order chi connectivity index (χ1) is 19.8. The average molecular weight is 567 g/mol. The van der Waals surface area contributed by atoms with Crippen molar-refractivity contribution in [2.45, 2.75) is 51.3 Å². The van der Waals surface area contributed by atoms with E-state index in [1.165, 1.54) is 19.2 Å². The van der Waals surface area contributed by atoms with Crippen LogP contribution in [0, 0.1) is 5.92 Å². The van der Waals surface area contributed by atoms with Crippen LogP contribution in [0.1, 0.15) is 48.6 Å². The number of methoxy groups -OCH3 is 1. The second-order valence-corrected chi connectivity index (χ2v) is 9.37. The van der Waals surface area contributed by atoms with Crippen molar-refractivity contribution < 1.29 is 34.2 Å². The van der Waals surface area contributed by atoms with Crippen LogP contribution in [0.4, 0.5) is 5.69 Å². The van der Waals surface area contributed by atoms with E-state index in [0.717, 1.165) is 5.56 Å². The molecule has 13 nitrogen and oxygen atoms in total. The van der Waals surface area contributed by atoms with Gasteiger partial charge in [0.15, 0.2) is 6.10 Å². The van der Waals surface area contributed by atoms with E-state index in [2.05, 4.69) is 25.7 Å². The molecular weight excluding hydrogens is 532 g/mol. The van der Waals surface area contributed by atoms with Gasteiger partial charge in [0, 0.05) is 25.1 Å². The summed E-state index contributed by atoms with van der Waals surface area (Å²) in [7, 11) is 1.19. The number of hydrogen-bond donors (Lipinski definition) is 5. The van der Waals surface area contributed by atoms with Crippen LogP contribution >= 0.6 is 0 Å². The van der Waals surface area contributed by atoms with Crippen molar-refractivity contribution in [3.63, 3.8) is 0 Å². The van der Waals surface area contributed by atoms with Crippen LogP contribution in [0.5, 0.6) is 0 Å². The van der Waals surface area contributed by atoms with Crippen LogP contribution in [-0.4, -0.2) is 56.1 Å². The Morgan fingerprint density at radius 2 is 1.73 bits per heavy atom. The van der Waals surface area contributed by atoms with Crippen LogP contribution in [0.25, 0.3) is 0 Å². The molecule has 0 fully saturated rings. The predicted molar refractivity (Wildman–Crippen MR) is 146 cm³/mol. The average Bonchev–Trinajstić information content (AvgIpc) is 3.45. The highest BCUT2D eigenvalue weighted by Crippen LogP contribution is 2.18. The zero-order chi connectivity index (χ0) is 29.6. The lowest BCUT2D eigenvalue weighted by molar-refractivity contribution is -0.150. The molecule has 0 saturated carbocycles. The van der Waals surface area contributed by atoms with Crippen molar-refractivity contribution in [1.29, 1.82) is 0 Å². The molecule has 3 rings (SSSR count). The predicted octanol–water partition coefficient (Wildman–Crippen LogP) is 1.66. The van der Waals surface area contributed by atoms with Crippen molar-refractivity contribution in [2.75, 3.05) is 12.4 Å². The number of unbranched alkanes of at least 4 members (excludes halogenated alkanes) is 1. The number of benzene rings is 2. The Labute approximate surface area is 236 Å². The highest BCUT2D eigenvalue weighted by molar-refractivity contribution is 5.90. The fourth-order valence-electron chi connectivity index (χ4n) is 4.06. The van der Waals surface area contributed by atoms with Crippen LogP contribution in [0.3, 0.4) is 0 Å². The molecule has 218 valence electrons. The number of nitrogens with zero attached hydrogens (tertiary/aromatic N) is 3. The Hall–Kier alpha value is -4.62. The second kappa shape index (κ2) is 15.8. The molecule has 2 aromatic carbocycles. The van der Waals surface area contributed by atoms with Gasteiger partial charge in [-0.3, -0.25) is 24.3 Å². The number of amides is 3. The first-order valence-corrected chi connectivity index (χ1v) is 13.1. The third-order valence-corrected chi connectivity index (χ3v) is 6.26. The standard InChI is InChI=1S/C28H34N6O7/c1-41-28(39)26(37)20-10-12-22(13-11-20)30-24(35)9-5-6-14-34-18-23(31-33-34)17-29-27(38)21(16-25(36)32-40)15-19-7-3-2-4-8-19/h2-4,7-8,10-13,18,21,26,37,40H,5-6,9,14-17H2,1H3,(H,29,38)(H,30,35)(H,32,36). The third kappa shape index (κ3) is 10.1. The van der Waals surface area contributed by atoms with Crippen molar-refractivity contribution in [3.05, 3.63) is 77.6 Å². The summed E-state index contributed by atoms with van der Waals surface area (Å²) in [6.07, 6.45) is 2.06. The molecule has 0 spiro atoms. The number of ether oxygens (including phenoxy) is 1. The number of carbonyl (C=O) groups excluding carboxylic acids is 4. The van der Waals surface area contributed by atoms with Crippen molar-refractivity contribution in [3.8, 4) is 0 Å². The second-order valence-electron chi connectivity index (χ2n) is 9.37. The van der Waals surface area contributed by atoms with Gasteiger partial charge in [0.2, 0.25) is 17.7 Å². The molecular formula is C28H34N6O7. The molecule has 2 unspecified atom stereocenters. The Morgan fingerprint density at radius 3 is 2.41 bits per heavy atom. The lowest BCUT2D eigenvalue weighted by Crippen LogP contribution is -2.35. The first kappa shape index (κ1) is 30.9. The van der Waals surface area contributed by atoms with E-state index >= 15 is 0 Å². The van der Waals surface area contributed by atoms with Gasteiger partial charge in [-0.25, -0.2) is 10.3 Å². The van der Waals surface area contributed by atoms with Crippen LogP contribution in [-0.2, 0) is 43.4 Å². The van der Waals surface area contributed by atoms with Gasteiger partial charge in [-0.05, 0) is 42.5 Å². The molecule has 13 heteroatoms. The molecule has 1 aromatic heterocycles. The number of carbonyl (C=O) groups is 4. The van der Waals surface area contributed by atoms with E-state index in [1.54, 1.807) is 28.5 Å². The molecule has 3 aromatic rings. The maximum Gasteiger partial charge on any atom is 0.339 e. The molecule has 41 heavy (non-hydrogen) atoms. The minimum atomic E-state index is -1.38. The lowest BCUT2D eigenvalue weighted by atomic mass is 9.95. The molecule has 0 saturated heterocycles. The summed E-state index contributed by atoms with van der Waals surface area (Å²) < 4.78 is 6.14. The van der Waals surface area contributed by atoms with Gasteiger partial charge < -0.3 is 20.5 Å². The fraction of sp³-hybridized carbons (Fsp3) is 0.357. The van der Waals surface area contributed by atoms with Crippen LogP contribution in [0.2, 0.25) is 0 Å². The summed E-state index contributed by atoms with van der Waals surface area (Å²) in [5, 5.41) is 32.4. The number of anilines is 1. The summed E-state index contributed by atoms with van der Waals surface area (Å²) in [6, 6.07) is 15.6. The highest BCUT2D eigenvalue weighted by Gasteiger charge is 2.22. The molecule has 0 radical (unpaired) electrons. The van der Waals surface area contributed by atoms with Gasteiger partial charge in [0.25, 0.3) is 0 Å². The lowest BCUT2D eigenvalue weighted by Gasteiger charge is -2.15. The summed E-state index contributed by atoms with van der Waals surface area (Å²) in [5.41, 5.74) is 3.92. The van der Waals surface area contributed by atoms with Crippen LogP contribution in [0.15, 0.2) is 60.8 Å². The van der Waals surface area contributed by atoms with E-state index < -0.39 is 23.9 Å². The SMILES string of the molecule is COC(=O)C(O)c1ccc(NC(=O)CCCCn2cc(CNC(=O)C(CC(=O)NO)Cc3ccccc3)nn2)cc1. The van der Waals surface area contributed by atoms with Gasteiger partial charge in [0.05, 0.1) is 25.8 Å². The Bertz CT molecular complexity index is 1300. The molecule has 5 N–H and O–H groups in total. The molecule has 3 amide bonds.